The standard InChI is InChI=1S/C19H20O2S2/c1-3-5-13-7-9-14(10-8-13)21-19(20)18-12-17-16(23-18)11-15(22-17)6-4-2/h7-12H,3-6H2,1-2H3. The van der Waals surface area contributed by atoms with Crippen molar-refractivity contribution in [3.63, 3.8) is 0 Å². The summed E-state index contributed by atoms with van der Waals surface area (Å²) in [7, 11) is 0. The number of hydrogen-bond donors (Lipinski definition) is 0. The lowest BCUT2D eigenvalue weighted by Gasteiger charge is -2.04. The molecule has 0 radical (unpaired) electrons. The molecule has 0 aliphatic heterocycles. The van der Waals surface area contributed by atoms with Crippen molar-refractivity contribution in [1.82, 2.24) is 0 Å². The van der Waals surface area contributed by atoms with Gasteiger partial charge in [-0.15, -0.1) is 22.7 Å². The molecule has 0 unspecified atom stereocenters. The molecule has 2 heterocycles. The summed E-state index contributed by atoms with van der Waals surface area (Å²) in [5.74, 6) is 0.344. The molecule has 2 aromatic heterocycles. The fourth-order valence-electron chi connectivity index (χ4n) is 2.53. The molecule has 1 aromatic carbocycles. The van der Waals surface area contributed by atoms with Crippen LogP contribution in [0.4, 0.5) is 0 Å². The highest BCUT2D eigenvalue weighted by Crippen LogP contribution is 2.34. The Labute approximate surface area is 144 Å². The summed E-state index contributed by atoms with van der Waals surface area (Å²) in [5, 5.41) is 0. The Kier molecular flexibility index (Phi) is 5.13. The van der Waals surface area contributed by atoms with Gasteiger partial charge in [-0.2, -0.15) is 0 Å². The summed E-state index contributed by atoms with van der Waals surface area (Å²) in [6, 6.07) is 11.9. The van der Waals surface area contributed by atoms with Gasteiger partial charge in [0.15, 0.2) is 0 Å². The lowest BCUT2D eigenvalue weighted by atomic mass is 10.1. The fraction of sp³-hybridized carbons (Fsp3) is 0.316. The highest BCUT2D eigenvalue weighted by molar-refractivity contribution is 7.28. The first-order chi connectivity index (χ1) is 11.2. The van der Waals surface area contributed by atoms with Gasteiger partial charge in [0.05, 0.1) is 0 Å². The van der Waals surface area contributed by atoms with E-state index in [1.54, 1.807) is 11.3 Å². The number of ether oxygens (including phenoxy) is 1. The minimum atomic E-state index is -0.265. The van der Waals surface area contributed by atoms with E-state index in [1.807, 2.05) is 30.3 Å². The first-order valence-electron chi connectivity index (χ1n) is 8.03. The molecule has 0 fully saturated rings. The second kappa shape index (κ2) is 7.28. The Morgan fingerprint density at radius 1 is 0.957 bits per heavy atom. The highest BCUT2D eigenvalue weighted by atomic mass is 32.1. The second-order valence-electron chi connectivity index (χ2n) is 5.59. The summed E-state index contributed by atoms with van der Waals surface area (Å²) in [4.78, 5) is 14.4. The first kappa shape index (κ1) is 16.2. The van der Waals surface area contributed by atoms with Gasteiger partial charge in [0.25, 0.3) is 0 Å². The van der Waals surface area contributed by atoms with E-state index in [-0.39, 0.29) is 5.97 Å². The van der Waals surface area contributed by atoms with Crippen LogP contribution in [0.25, 0.3) is 9.40 Å². The highest BCUT2D eigenvalue weighted by Gasteiger charge is 2.14. The number of esters is 1. The van der Waals surface area contributed by atoms with Gasteiger partial charge in [-0.1, -0.05) is 38.8 Å². The monoisotopic (exact) mass is 344 g/mol. The minimum Gasteiger partial charge on any atom is -0.422 e. The quantitative estimate of drug-likeness (QED) is 0.400. The van der Waals surface area contributed by atoms with Crippen LogP contribution in [-0.4, -0.2) is 5.97 Å². The number of carbonyl (C=O) groups is 1. The van der Waals surface area contributed by atoms with Crippen LogP contribution in [0.5, 0.6) is 5.75 Å². The van der Waals surface area contributed by atoms with Gasteiger partial charge in [0, 0.05) is 14.3 Å². The molecule has 0 N–H and O–H groups in total. The maximum absolute atomic E-state index is 12.3. The number of rotatable bonds is 6. The van der Waals surface area contributed by atoms with Gasteiger partial charge < -0.3 is 4.74 Å². The zero-order chi connectivity index (χ0) is 16.2. The molecule has 0 aliphatic rings. The normalized spacial score (nSPS) is 11.0. The van der Waals surface area contributed by atoms with Crippen molar-refractivity contribution >= 4 is 38.0 Å². The maximum atomic E-state index is 12.3. The first-order valence-corrected chi connectivity index (χ1v) is 9.66. The number of benzene rings is 1. The average Bonchev–Trinajstić information content (AvgIpc) is 3.08. The van der Waals surface area contributed by atoms with E-state index in [9.17, 15) is 4.79 Å². The second-order valence-corrected chi connectivity index (χ2v) is 7.84. The number of hydrogen-bond acceptors (Lipinski definition) is 4. The lowest BCUT2D eigenvalue weighted by Crippen LogP contribution is -2.06. The SMILES string of the molecule is CCCc1ccc(OC(=O)c2cc3sc(CCC)cc3s2)cc1. The van der Waals surface area contributed by atoms with Gasteiger partial charge in [-0.3, -0.25) is 0 Å². The van der Waals surface area contributed by atoms with E-state index in [0.717, 1.165) is 25.7 Å². The van der Waals surface area contributed by atoms with E-state index < -0.39 is 0 Å². The van der Waals surface area contributed by atoms with Gasteiger partial charge >= 0.3 is 5.97 Å². The van der Waals surface area contributed by atoms with Crippen molar-refractivity contribution in [3.8, 4) is 5.75 Å². The topological polar surface area (TPSA) is 26.3 Å². The van der Waals surface area contributed by atoms with Crippen LogP contribution in [0.3, 0.4) is 0 Å². The molecule has 0 saturated heterocycles. The summed E-state index contributed by atoms with van der Waals surface area (Å²) >= 11 is 3.29. The van der Waals surface area contributed by atoms with E-state index >= 15 is 0 Å². The molecule has 3 aromatic rings. The number of fused-ring (bicyclic) bond motifs is 1. The number of thiophene rings is 2. The van der Waals surface area contributed by atoms with Crippen LogP contribution < -0.4 is 4.74 Å². The van der Waals surface area contributed by atoms with Crippen molar-refractivity contribution in [2.24, 2.45) is 0 Å². The largest absolute Gasteiger partial charge is 0.422 e. The van der Waals surface area contributed by atoms with E-state index in [2.05, 4.69) is 19.9 Å². The van der Waals surface area contributed by atoms with Crippen LogP contribution in [0.2, 0.25) is 0 Å². The Hall–Kier alpha value is -1.65. The Balaban J connectivity index is 1.71. The van der Waals surface area contributed by atoms with Gasteiger partial charge in [-0.25, -0.2) is 4.79 Å². The molecule has 0 bridgehead atoms. The Morgan fingerprint density at radius 3 is 2.30 bits per heavy atom. The van der Waals surface area contributed by atoms with Crippen molar-refractivity contribution in [2.75, 3.05) is 0 Å². The predicted octanol–water partition coefficient (Wildman–Crippen LogP) is 6.09. The minimum absolute atomic E-state index is 0.265. The summed E-state index contributed by atoms with van der Waals surface area (Å²) in [5.41, 5.74) is 1.27. The smallest absolute Gasteiger partial charge is 0.353 e. The maximum Gasteiger partial charge on any atom is 0.353 e. The lowest BCUT2D eigenvalue weighted by molar-refractivity contribution is 0.0740. The molecule has 0 spiro atoms. The van der Waals surface area contributed by atoms with Crippen molar-refractivity contribution in [2.45, 2.75) is 39.5 Å². The third kappa shape index (κ3) is 3.82. The van der Waals surface area contributed by atoms with Crippen molar-refractivity contribution < 1.29 is 9.53 Å². The van der Waals surface area contributed by atoms with E-state index in [0.29, 0.717) is 10.6 Å². The molecule has 4 heteroatoms. The van der Waals surface area contributed by atoms with Gasteiger partial charge in [0.1, 0.15) is 10.6 Å². The van der Waals surface area contributed by atoms with Crippen LogP contribution in [-0.2, 0) is 12.8 Å². The molecular weight excluding hydrogens is 324 g/mol. The molecular formula is C19H20O2S2. The van der Waals surface area contributed by atoms with Crippen molar-refractivity contribution in [1.29, 1.82) is 0 Å². The predicted molar refractivity (Wildman–Crippen MR) is 99.1 cm³/mol. The molecule has 0 aliphatic carbocycles. The third-order valence-electron chi connectivity index (χ3n) is 3.63. The van der Waals surface area contributed by atoms with E-state index in [4.69, 9.17) is 4.74 Å². The van der Waals surface area contributed by atoms with Gasteiger partial charge in [-0.05, 0) is 42.7 Å². The summed E-state index contributed by atoms with van der Waals surface area (Å²) in [6.07, 6.45) is 4.42. The van der Waals surface area contributed by atoms with Crippen molar-refractivity contribution in [3.05, 3.63) is 51.7 Å². The molecule has 0 saturated carbocycles. The summed E-state index contributed by atoms with van der Waals surface area (Å²) in [6.45, 7) is 4.34. The van der Waals surface area contributed by atoms with Crippen LogP contribution in [0, 0.1) is 0 Å². The van der Waals surface area contributed by atoms with E-state index in [1.165, 1.54) is 31.2 Å². The number of carbonyl (C=O) groups excluding carboxylic acids is 1. The molecule has 0 atom stereocenters. The number of aryl methyl sites for hydroxylation is 2. The fourth-order valence-corrected chi connectivity index (χ4v) is 4.93. The van der Waals surface area contributed by atoms with Crippen LogP contribution >= 0.6 is 22.7 Å². The zero-order valence-corrected chi connectivity index (χ0v) is 15.1. The summed E-state index contributed by atoms with van der Waals surface area (Å²) < 4.78 is 7.85. The van der Waals surface area contributed by atoms with Crippen LogP contribution in [0.15, 0.2) is 36.4 Å². The molecule has 0 amide bonds. The van der Waals surface area contributed by atoms with Gasteiger partial charge in [0.2, 0.25) is 0 Å². The molecule has 120 valence electrons. The van der Waals surface area contributed by atoms with Crippen LogP contribution in [0.1, 0.15) is 46.8 Å². The molecule has 2 nitrogen and oxygen atoms in total. The Morgan fingerprint density at radius 2 is 1.65 bits per heavy atom. The third-order valence-corrected chi connectivity index (χ3v) is 5.96. The average molecular weight is 345 g/mol. The zero-order valence-electron chi connectivity index (χ0n) is 13.4. The molecule has 23 heavy (non-hydrogen) atoms. The Bertz CT molecular complexity index is 765. The molecule has 3 rings (SSSR count).